The Morgan fingerprint density at radius 2 is 1.96 bits per heavy atom. The van der Waals surface area contributed by atoms with Crippen molar-refractivity contribution in [2.75, 3.05) is 13.2 Å². The van der Waals surface area contributed by atoms with Gasteiger partial charge in [0.1, 0.15) is 5.75 Å². The molecule has 3 aliphatic rings. The van der Waals surface area contributed by atoms with Gasteiger partial charge in [-0.25, -0.2) is 0 Å². The summed E-state index contributed by atoms with van der Waals surface area (Å²) in [5, 5.41) is 3.15. The highest BCUT2D eigenvalue weighted by Gasteiger charge is 2.39. The van der Waals surface area contributed by atoms with Gasteiger partial charge in [-0.2, -0.15) is 0 Å². The molecule has 2 atom stereocenters. The molecule has 0 spiro atoms. The Balaban J connectivity index is 1.41. The summed E-state index contributed by atoms with van der Waals surface area (Å²) in [4.78, 5) is 26.9. The first kappa shape index (κ1) is 15.5. The van der Waals surface area contributed by atoms with Crippen LogP contribution in [0.4, 0.5) is 0 Å². The van der Waals surface area contributed by atoms with E-state index in [4.69, 9.17) is 4.74 Å². The number of hydrogen-bond acceptors (Lipinski definition) is 3. The second-order valence-corrected chi connectivity index (χ2v) is 7.12. The zero-order valence-electron chi connectivity index (χ0n) is 13.9. The normalized spacial score (nSPS) is 27.0. The van der Waals surface area contributed by atoms with Crippen molar-refractivity contribution >= 4 is 11.8 Å². The van der Waals surface area contributed by atoms with Crippen molar-refractivity contribution in [3.63, 3.8) is 0 Å². The number of amides is 2. The molecule has 0 unspecified atom stereocenters. The standard InChI is InChI=1S/C19H24N2O3/c22-18-11-13(12-21(18)14-5-1-2-6-14)19(23)20-16-9-10-24-17-8-4-3-7-15(16)17/h3-4,7-8,13-14,16H,1-2,5-6,9-12H2,(H,20,23)/t13-,16+/m0/s1. The van der Waals surface area contributed by atoms with E-state index in [9.17, 15) is 9.59 Å². The monoisotopic (exact) mass is 328 g/mol. The summed E-state index contributed by atoms with van der Waals surface area (Å²) in [6.07, 6.45) is 5.71. The molecule has 0 aromatic heterocycles. The van der Waals surface area contributed by atoms with E-state index in [-0.39, 0.29) is 23.8 Å². The van der Waals surface area contributed by atoms with E-state index < -0.39 is 0 Å². The van der Waals surface area contributed by atoms with Gasteiger partial charge in [-0.15, -0.1) is 0 Å². The average Bonchev–Trinajstić information content (AvgIpc) is 3.24. The third-order valence-corrected chi connectivity index (χ3v) is 5.57. The van der Waals surface area contributed by atoms with Crippen molar-refractivity contribution in [3.05, 3.63) is 29.8 Å². The van der Waals surface area contributed by atoms with Crippen LogP contribution in [0.15, 0.2) is 24.3 Å². The van der Waals surface area contributed by atoms with Crippen molar-refractivity contribution in [3.8, 4) is 5.75 Å². The maximum atomic E-state index is 12.7. The summed E-state index contributed by atoms with van der Waals surface area (Å²) in [6, 6.07) is 8.20. The van der Waals surface area contributed by atoms with E-state index in [0.717, 1.165) is 30.6 Å². The fraction of sp³-hybridized carbons (Fsp3) is 0.579. The van der Waals surface area contributed by atoms with Crippen LogP contribution in [0, 0.1) is 5.92 Å². The predicted octanol–water partition coefficient (Wildman–Crippen LogP) is 2.42. The van der Waals surface area contributed by atoms with Crippen molar-refractivity contribution < 1.29 is 14.3 Å². The largest absolute Gasteiger partial charge is 0.493 e. The molecule has 2 fully saturated rings. The predicted molar refractivity (Wildman–Crippen MR) is 89.5 cm³/mol. The number of ether oxygens (including phenoxy) is 1. The Labute approximate surface area is 142 Å². The molecule has 5 heteroatoms. The van der Waals surface area contributed by atoms with Gasteiger partial charge in [-0.05, 0) is 18.9 Å². The lowest BCUT2D eigenvalue weighted by Gasteiger charge is -2.28. The molecule has 2 amide bonds. The van der Waals surface area contributed by atoms with Crippen LogP contribution in [-0.2, 0) is 9.59 Å². The van der Waals surface area contributed by atoms with E-state index in [1.54, 1.807) is 0 Å². The van der Waals surface area contributed by atoms with Crippen molar-refractivity contribution in [2.24, 2.45) is 5.92 Å². The molecule has 1 aromatic rings. The van der Waals surface area contributed by atoms with Crippen LogP contribution in [0.1, 0.15) is 50.1 Å². The van der Waals surface area contributed by atoms with Crippen LogP contribution in [0.25, 0.3) is 0 Å². The smallest absolute Gasteiger partial charge is 0.225 e. The van der Waals surface area contributed by atoms with Gasteiger partial charge >= 0.3 is 0 Å². The minimum absolute atomic E-state index is 0.00514. The van der Waals surface area contributed by atoms with Gasteiger partial charge in [0.2, 0.25) is 11.8 Å². The third kappa shape index (κ3) is 2.87. The average molecular weight is 328 g/mol. The highest BCUT2D eigenvalue weighted by Crippen LogP contribution is 2.33. The maximum Gasteiger partial charge on any atom is 0.225 e. The first-order valence-electron chi connectivity index (χ1n) is 9.04. The van der Waals surface area contributed by atoms with Gasteiger partial charge in [0.15, 0.2) is 0 Å². The highest BCUT2D eigenvalue weighted by atomic mass is 16.5. The minimum atomic E-state index is -0.215. The molecule has 1 saturated carbocycles. The summed E-state index contributed by atoms with van der Waals surface area (Å²) < 4.78 is 5.65. The molecule has 1 saturated heterocycles. The number of nitrogens with zero attached hydrogens (tertiary/aromatic N) is 1. The number of likely N-dealkylation sites (tertiary alicyclic amines) is 1. The highest BCUT2D eigenvalue weighted by molar-refractivity contribution is 5.89. The van der Waals surface area contributed by atoms with Gasteiger partial charge in [0, 0.05) is 31.0 Å². The number of nitrogens with one attached hydrogen (secondary N) is 1. The SMILES string of the molecule is O=C(N[C@@H]1CCOc2ccccc21)[C@H]1CC(=O)N(C2CCCC2)C1. The molecule has 5 nitrogen and oxygen atoms in total. The second-order valence-electron chi connectivity index (χ2n) is 7.12. The minimum Gasteiger partial charge on any atom is -0.493 e. The Hall–Kier alpha value is -2.04. The van der Waals surface area contributed by atoms with Crippen molar-refractivity contribution in [1.29, 1.82) is 0 Å². The molecular weight excluding hydrogens is 304 g/mol. The van der Waals surface area contributed by atoms with Gasteiger partial charge in [-0.1, -0.05) is 31.0 Å². The Bertz CT molecular complexity index is 639. The van der Waals surface area contributed by atoms with Crippen LogP contribution < -0.4 is 10.1 Å². The summed E-state index contributed by atoms with van der Waals surface area (Å²) >= 11 is 0. The van der Waals surface area contributed by atoms with Crippen molar-refractivity contribution in [1.82, 2.24) is 10.2 Å². The zero-order valence-corrected chi connectivity index (χ0v) is 13.9. The number of benzene rings is 1. The molecule has 1 aliphatic carbocycles. The molecular formula is C19H24N2O3. The number of rotatable bonds is 3. The quantitative estimate of drug-likeness (QED) is 0.927. The number of para-hydroxylation sites is 1. The molecule has 1 aromatic carbocycles. The van der Waals surface area contributed by atoms with E-state index >= 15 is 0 Å². The lowest BCUT2D eigenvalue weighted by Crippen LogP contribution is -2.39. The van der Waals surface area contributed by atoms with E-state index in [1.165, 1.54) is 12.8 Å². The van der Waals surface area contributed by atoms with Crippen LogP contribution in [0.3, 0.4) is 0 Å². The van der Waals surface area contributed by atoms with Gasteiger partial charge in [0.05, 0.1) is 18.6 Å². The number of hydrogen-bond donors (Lipinski definition) is 1. The van der Waals surface area contributed by atoms with Crippen LogP contribution in [0.2, 0.25) is 0 Å². The Morgan fingerprint density at radius 1 is 1.17 bits per heavy atom. The van der Waals surface area contributed by atoms with Gasteiger partial charge in [0.25, 0.3) is 0 Å². The summed E-state index contributed by atoms with van der Waals surface area (Å²) in [6.45, 7) is 1.19. The Kier molecular flexibility index (Phi) is 4.17. The van der Waals surface area contributed by atoms with Crippen molar-refractivity contribution in [2.45, 2.75) is 50.6 Å². The van der Waals surface area contributed by atoms with E-state index in [1.807, 2.05) is 29.2 Å². The first-order chi connectivity index (χ1) is 11.7. The van der Waals surface area contributed by atoms with Crippen LogP contribution >= 0.6 is 0 Å². The molecule has 2 heterocycles. The summed E-state index contributed by atoms with van der Waals surface area (Å²) in [5.41, 5.74) is 1.04. The number of carbonyl (C=O) groups excluding carboxylic acids is 2. The maximum absolute atomic E-state index is 12.7. The Morgan fingerprint density at radius 3 is 2.79 bits per heavy atom. The zero-order chi connectivity index (χ0) is 16.5. The number of fused-ring (bicyclic) bond motifs is 1. The fourth-order valence-corrected chi connectivity index (χ4v) is 4.26. The second kappa shape index (κ2) is 6.46. The molecule has 2 aliphatic heterocycles. The van der Waals surface area contributed by atoms with Gasteiger partial charge in [-0.3, -0.25) is 9.59 Å². The summed E-state index contributed by atoms with van der Waals surface area (Å²) in [5.74, 6) is 0.789. The molecule has 4 rings (SSSR count). The molecule has 0 radical (unpaired) electrons. The summed E-state index contributed by atoms with van der Waals surface area (Å²) in [7, 11) is 0. The molecule has 0 bridgehead atoms. The molecule has 24 heavy (non-hydrogen) atoms. The van der Waals surface area contributed by atoms with E-state index in [0.29, 0.717) is 25.6 Å². The lowest BCUT2D eigenvalue weighted by atomic mass is 9.99. The molecule has 128 valence electrons. The topological polar surface area (TPSA) is 58.6 Å². The first-order valence-corrected chi connectivity index (χ1v) is 9.04. The number of carbonyl (C=O) groups is 2. The van der Waals surface area contributed by atoms with Gasteiger partial charge < -0.3 is 15.0 Å². The fourth-order valence-electron chi connectivity index (χ4n) is 4.26. The lowest BCUT2D eigenvalue weighted by molar-refractivity contribution is -0.130. The van der Waals surface area contributed by atoms with Crippen LogP contribution in [0.5, 0.6) is 5.75 Å². The van der Waals surface area contributed by atoms with E-state index in [2.05, 4.69) is 5.32 Å². The van der Waals surface area contributed by atoms with Crippen LogP contribution in [-0.4, -0.2) is 35.9 Å². The third-order valence-electron chi connectivity index (χ3n) is 5.57. The molecule has 1 N–H and O–H groups in total.